The summed E-state index contributed by atoms with van der Waals surface area (Å²) in [5.41, 5.74) is 0. The Morgan fingerprint density at radius 1 is 0.508 bits per heavy atom. The molecule has 2 atom stereocenters. The van der Waals surface area contributed by atoms with Gasteiger partial charge in [-0.05, 0) is 77.0 Å². The molecule has 8 heteroatoms. The molecule has 0 aliphatic rings. The van der Waals surface area contributed by atoms with Crippen LogP contribution in [-0.4, -0.2) is 75.5 Å². The highest BCUT2D eigenvalue weighted by Crippen LogP contribution is 2.13. The molecule has 0 bridgehead atoms. The lowest BCUT2D eigenvalue weighted by Gasteiger charge is -2.34. The Morgan fingerprint density at radius 3 is 1.46 bits per heavy atom. The van der Waals surface area contributed by atoms with Crippen LogP contribution >= 0.6 is 0 Å². The van der Waals surface area contributed by atoms with E-state index in [4.69, 9.17) is 14.2 Å². The fraction of sp³-hybridized carbons (Fsp3) is 0.642. The summed E-state index contributed by atoms with van der Waals surface area (Å²) in [6.45, 7) is 4.38. The normalized spacial score (nSPS) is 13.8. The Labute approximate surface area is 373 Å². The number of allylic oxidation sites excluding steroid dienone is 16. The quantitative estimate of drug-likeness (QED) is 0.0198. The highest BCUT2D eigenvalue weighted by Gasteiger charge is 2.25. The number of likely N-dealkylation sites (N-methyl/N-ethyl adjacent to an activating group) is 1. The first-order chi connectivity index (χ1) is 29.6. The summed E-state index contributed by atoms with van der Waals surface area (Å²) in [5, 5.41) is 11.6. The summed E-state index contributed by atoms with van der Waals surface area (Å²) in [5.74, 6) is -1.78. The summed E-state index contributed by atoms with van der Waals surface area (Å²) in [4.78, 5) is 37.0. The van der Waals surface area contributed by atoms with E-state index in [9.17, 15) is 19.5 Å². The molecule has 0 N–H and O–H groups in total. The number of rotatable bonds is 41. The van der Waals surface area contributed by atoms with Crippen LogP contribution in [0.3, 0.4) is 0 Å². The molecule has 0 radical (unpaired) electrons. The van der Waals surface area contributed by atoms with E-state index >= 15 is 0 Å². The number of unbranched alkanes of at least 4 members (excludes halogenated alkanes) is 13. The SMILES string of the molecule is CC/C=C/C=C/C=C/CCCCCCCCCC(=O)OC(COCCC(C(=O)[O-])[N+](C)(C)C)COC(=O)CCCCCCCC/C=C/C/C=C/C/C=C/C/C=C/C/C=C/CC. The van der Waals surface area contributed by atoms with E-state index in [1.807, 2.05) is 0 Å². The van der Waals surface area contributed by atoms with Gasteiger partial charge in [-0.1, -0.05) is 169 Å². The molecule has 346 valence electrons. The number of hydrogen-bond acceptors (Lipinski definition) is 7. The summed E-state index contributed by atoms with van der Waals surface area (Å²) < 4.78 is 17.2. The van der Waals surface area contributed by atoms with Gasteiger partial charge in [-0.2, -0.15) is 0 Å². The van der Waals surface area contributed by atoms with Crippen LogP contribution in [-0.2, 0) is 28.6 Å². The molecule has 2 unspecified atom stereocenters. The maximum Gasteiger partial charge on any atom is 0.306 e. The summed E-state index contributed by atoms with van der Waals surface area (Å²) >= 11 is 0. The van der Waals surface area contributed by atoms with Crippen LogP contribution in [0.15, 0.2) is 97.2 Å². The van der Waals surface area contributed by atoms with E-state index in [0.29, 0.717) is 12.8 Å². The molecule has 0 aromatic carbocycles. The van der Waals surface area contributed by atoms with Crippen molar-refractivity contribution in [2.24, 2.45) is 0 Å². The van der Waals surface area contributed by atoms with Crippen LogP contribution in [0.25, 0.3) is 0 Å². The van der Waals surface area contributed by atoms with Gasteiger partial charge in [0.05, 0.1) is 40.3 Å². The fourth-order valence-electron chi connectivity index (χ4n) is 6.39. The molecule has 8 nitrogen and oxygen atoms in total. The predicted octanol–water partition coefficient (Wildman–Crippen LogP) is 12.1. The molecule has 0 fully saturated rings. The minimum Gasteiger partial charge on any atom is -0.544 e. The topological polar surface area (TPSA) is 102 Å². The smallest absolute Gasteiger partial charge is 0.306 e. The van der Waals surface area contributed by atoms with E-state index in [1.54, 1.807) is 21.1 Å². The third kappa shape index (κ3) is 41.4. The molecule has 0 aliphatic heterocycles. The van der Waals surface area contributed by atoms with Gasteiger partial charge >= 0.3 is 11.9 Å². The van der Waals surface area contributed by atoms with Crippen LogP contribution in [0.5, 0.6) is 0 Å². The molecular formula is C53H87NO7. The second kappa shape index (κ2) is 42.9. The molecule has 0 heterocycles. The van der Waals surface area contributed by atoms with Gasteiger partial charge < -0.3 is 28.6 Å². The molecule has 0 saturated heterocycles. The zero-order valence-electron chi connectivity index (χ0n) is 39.3. The maximum absolute atomic E-state index is 12.7. The minimum atomic E-state index is -1.13. The van der Waals surface area contributed by atoms with Gasteiger partial charge in [-0.3, -0.25) is 9.59 Å². The van der Waals surface area contributed by atoms with Gasteiger partial charge in [0.2, 0.25) is 0 Å². The van der Waals surface area contributed by atoms with Gasteiger partial charge in [0.15, 0.2) is 6.10 Å². The molecule has 0 amide bonds. The highest BCUT2D eigenvalue weighted by atomic mass is 16.6. The number of quaternary nitrogens is 1. The monoisotopic (exact) mass is 850 g/mol. The number of nitrogens with zero attached hydrogens (tertiary/aromatic N) is 1. The number of carbonyl (C=O) groups is 3. The van der Waals surface area contributed by atoms with E-state index < -0.39 is 18.1 Å². The Kier molecular flexibility index (Phi) is 40.3. The third-order valence-corrected chi connectivity index (χ3v) is 10.0. The predicted molar refractivity (Wildman–Crippen MR) is 254 cm³/mol. The number of aliphatic carboxylic acids is 1. The zero-order valence-corrected chi connectivity index (χ0v) is 39.3. The Morgan fingerprint density at radius 2 is 0.951 bits per heavy atom. The van der Waals surface area contributed by atoms with E-state index in [2.05, 4.69) is 111 Å². The molecular weight excluding hydrogens is 763 g/mol. The van der Waals surface area contributed by atoms with Crippen molar-refractivity contribution in [2.45, 2.75) is 180 Å². The Hall–Kier alpha value is -3.75. The first kappa shape index (κ1) is 57.2. The second-order valence-corrected chi connectivity index (χ2v) is 16.6. The first-order valence-corrected chi connectivity index (χ1v) is 23.8. The number of carbonyl (C=O) groups excluding carboxylic acids is 3. The van der Waals surface area contributed by atoms with Crippen molar-refractivity contribution in [1.29, 1.82) is 0 Å². The van der Waals surface area contributed by atoms with Crippen molar-refractivity contribution in [2.75, 3.05) is 41.0 Å². The van der Waals surface area contributed by atoms with Crippen molar-refractivity contribution < 1.29 is 38.2 Å². The minimum absolute atomic E-state index is 0.0247. The largest absolute Gasteiger partial charge is 0.544 e. The number of hydrogen-bond donors (Lipinski definition) is 0. The molecule has 0 saturated carbocycles. The molecule has 0 aliphatic carbocycles. The van der Waals surface area contributed by atoms with Gasteiger partial charge in [0, 0.05) is 19.3 Å². The van der Waals surface area contributed by atoms with Crippen LogP contribution in [0.4, 0.5) is 0 Å². The van der Waals surface area contributed by atoms with Gasteiger partial charge in [-0.25, -0.2) is 0 Å². The van der Waals surface area contributed by atoms with Gasteiger partial charge in [-0.15, -0.1) is 0 Å². The second-order valence-electron chi connectivity index (χ2n) is 16.6. The third-order valence-electron chi connectivity index (χ3n) is 10.0. The molecule has 61 heavy (non-hydrogen) atoms. The fourth-order valence-corrected chi connectivity index (χ4v) is 6.39. The van der Waals surface area contributed by atoms with Crippen molar-refractivity contribution >= 4 is 17.9 Å². The van der Waals surface area contributed by atoms with Crippen molar-refractivity contribution in [1.82, 2.24) is 0 Å². The lowest BCUT2D eigenvalue weighted by Crippen LogP contribution is -2.55. The van der Waals surface area contributed by atoms with Crippen LogP contribution in [0, 0.1) is 0 Å². The highest BCUT2D eigenvalue weighted by molar-refractivity contribution is 5.70. The van der Waals surface area contributed by atoms with Gasteiger partial charge in [0.25, 0.3) is 0 Å². The Bertz CT molecular complexity index is 1310. The van der Waals surface area contributed by atoms with Gasteiger partial charge in [0.1, 0.15) is 12.6 Å². The lowest BCUT2D eigenvalue weighted by atomic mass is 10.1. The van der Waals surface area contributed by atoms with Crippen LogP contribution in [0.2, 0.25) is 0 Å². The summed E-state index contributed by atoms with van der Waals surface area (Å²) in [7, 11) is 5.39. The van der Waals surface area contributed by atoms with Crippen LogP contribution in [0.1, 0.15) is 168 Å². The number of ether oxygens (including phenoxy) is 3. The maximum atomic E-state index is 12.7. The average molecular weight is 850 g/mol. The first-order valence-electron chi connectivity index (χ1n) is 23.8. The molecule has 0 aromatic heterocycles. The van der Waals surface area contributed by atoms with E-state index in [1.165, 1.54) is 32.1 Å². The van der Waals surface area contributed by atoms with Crippen molar-refractivity contribution in [3.8, 4) is 0 Å². The average Bonchev–Trinajstić information content (AvgIpc) is 3.22. The van der Waals surface area contributed by atoms with E-state index in [0.717, 1.165) is 103 Å². The number of carboxylic acid groups (broad SMARTS) is 1. The number of esters is 2. The van der Waals surface area contributed by atoms with Crippen molar-refractivity contribution in [3.63, 3.8) is 0 Å². The Balaban J connectivity index is 4.34. The van der Waals surface area contributed by atoms with Crippen molar-refractivity contribution in [3.05, 3.63) is 97.2 Å². The summed E-state index contributed by atoms with van der Waals surface area (Å²) in [6, 6.07) is -0.736. The molecule has 0 aromatic rings. The molecule has 0 spiro atoms. The standard InChI is InChI=1S/C53H87NO7/c1-6-8-10-12-14-16-18-20-22-23-24-25-26-27-28-30-31-33-35-37-39-41-43-51(55)60-48-49(47-59-46-45-50(53(57)58)54(3,4)5)61-52(56)44-42-40-38-36-34-32-29-21-19-17-15-13-11-9-7-2/h8-11,13-17,19-20,22,24-25,27-28,49-50H,6-7,12,18,21,23,26,29-48H2,1-5H3/b10-8+,11-9+,15-13+,16-14+,19-17+,22-20+,25-24+,28-27+. The zero-order chi connectivity index (χ0) is 44.9. The molecule has 0 rings (SSSR count). The number of carboxylic acids is 1. The van der Waals surface area contributed by atoms with E-state index in [-0.39, 0.29) is 42.7 Å². The lowest BCUT2D eigenvalue weighted by molar-refractivity contribution is -0.889. The summed E-state index contributed by atoms with van der Waals surface area (Å²) in [6.07, 6.45) is 57.1. The van der Waals surface area contributed by atoms with Crippen LogP contribution < -0.4 is 5.11 Å².